The van der Waals surface area contributed by atoms with Crippen LogP contribution in [0.25, 0.3) is 0 Å². The van der Waals surface area contributed by atoms with E-state index in [2.05, 4.69) is 35.9 Å². The highest BCUT2D eigenvalue weighted by atomic mass is 16.1. The molecule has 1 heterocycles. The van der Waals surface area contributed by atoms with Gasteiger partial charge in [-0.3, -0.25) is 9.69 Å². The monoisotopic (exact) mass is 260 g/mol. The third-order valence-corrected chi connectivity index (χ3v) is 4.11. The van der Waals surface area contributed by atoms with E-state index < -0.39 is 0 Å². The Kier molecular flexibility index (Phi) is 4.72. The quantitative estimate of drug-likeness (QED) is 0.774. The maximum absolute atomic E-state index is 12.5. The minimum absolute atomic E-state index is 0.0128. The van der Waals surface area contributed by atoms with E-state index in [1.54, 1.807) is 0 Å². The van der Waals surface area contributed by atoms with Crippen LogP contribution in [0.1, 0.15) is 29.8 Å². The first-order valence-corrected chi connectivity index (χ1v) is 7.17. The van der Waals surface area contributed by atoms with Crippen molar-refractivity contribution in [1.82, 2.24) is 9.80 Å². The minimum Gasteiger partial charge on any atom is -0.304 e. The van der Waals surface area contributed by atoms with Crippen molar-refractivity contribution in [2.24, 2.45) is 0 Å². The van der Waals surface area contributed by atoms with Crippen molar-refractivity contribution in [2.75, 3.05) is 33.2 Å². The Morgan fingerprint density at radius 1 is 1.16 bits per heavy atom. The normalized spacial score (nSPS) is 19.3. The molecule has 0 aromatic heterocycles. The average molecular weight is 260 g/mol. The number of carbonyl (C=O) groups is 1. The van der Waals surface area contributed by atoms with Gasteiger partial charge in [-0.15, -0.1) is 0 Å². The topological polar surface area (TPSA) is 23.6 Å². The third kappa shape index (κ3) is 3.43. The molecule has 0 N–H and O–H groups in total. The molecule has 1 aliphatic heterocycles. The number of ketones is 1. The van der Waals surface area contributed by atoms with Crippen LogP contribution in [0.3, 0.4) is 0 Å². The molecule has 0 bridgehead atoms. The van der Waals surface area contributed by atoms with E-state index >= 15 is 0 Å². The number of hydrogen-bond donors (Lipinski definition) is 0. The molecule has 19 heavy (non-hydrogen) atoms. The number of aryl methyl sites for hydroxylation is 1. The van der Waals surface area contributed by atoms with Crippen molar-refractivity contribution < 1.29 is 4.79 Å². The van der Waals surface area contributed by atoms with Gasteiger partial charge in [0, 0.05) is 31.7 Å². The molecule has 0 saturated carbocycles. The second-order valence-electron chi connectivity index (χ2n) is 5.43. The largest absolute Gasteiger partial charge is 0.304 e. The zero-order valence-electron chi connectivity index (χ0n) is 12.2. The molecule has 0 radical (unpaired) electrons. The smallest absolute Gasteiger partial charge is 0.179 e. The Morgan fingerprint density at radius 2 is 1.74 bits per heavy atom. The molecule has 3 nitrogen and oxygen atoms in total. The first-order chi connectivity index (χ1) is 9.11. The summed E-state index contributed by atoms with van der Waals surface area (Å²) in [5.41, 5.74) is 2.12. The molecule has 1 aliphatic rings. The van der Waals surface area contributed by atoms with Crippen molar-refractivity contribution >= 4 is 5.78 Å². The van der Waals surface area contributed by atoms with Crippen molar-refractivity contribution in [2.45, 2.75) is 26.3 Å². The van der Waals surface area contributed by atoms with Crippen molar-refractivity contribution in [3.8, 4) is 0 Å². The fourth-order valence-corrected chi connectivity index (χ4v) is 2.52. The molecule has 2 rings (SSSR count). The lowest BCUT2D eigenvalue weighted by Gasteiger charge is -2.35. The van der Waals surface area contributed by atoms with Gasteiger partial charge in [0.05, 0.1) is 6.04 Å². The van der Waals surface area contributed by atoms with E-state index in [4.69, 9.17) is 0 Å². The average Bonchev–Trinajstić information content (AvgIpc) is 2.46. The van der Waals surface area contributed by atoms with E-state index in [0.29, 0.717) is 0 Å². The number of benzene rings is 1. The summed E-state index contributed by atoms with van der Waals surface area (Å²) in [7, 11) is 2.13. The molecule has 0 amide bonds. The predicted molar refractivity (Wildman–Crippen MR) is 78.7 cm³/mol. The molecule has 104 valence electrons. The summed E-state index contributed by atoms with van der Waals surface area (Å²) in [4.78, 5) is 17.1. The van der Waals surface area contributed by atoms with Crippen LogP contribution < -0.4 is 0 Å². The van der Waals surface area contributed by atoms with Gasteiger partial charge in [0.2, 0.25) is 0 Å². The van der Waals surface area contributed by atoms with Gasteiger partial charge in [-0.05, 0) is 26.0 Å². The molecule has 1 fully saturated rings. The molecule has 0 spiro atoms. The molecule has 1 aromatic carbocycles. The lowest BCUT2D eigenvalue weighted by atomic mass is 10.0. The van der Waals surface area contributed by atoms with Crippen LogP contribution in [-0.2, 0) is 6.42 Å². The molecule has 3 heteroatoms. The number of rotatable bonds is 4. The van der Waals surface area contributed by atoms with E-state index in [1.165, 1.54) is 5.56 Å². The summed E-state index contributed by atoms with van der Waals surface area (Å²) in [5, 5.41) is 0. The number of likely N-dealkylation sites (N-methyl/N-ethyl adjacent to an activating group) is 1. The standard InChI is InChI=1S/C16H24N2O/c1-4-14-5-7-15(8-6-14)16(19)13(2)18-11-9-17(3)10-12-18/h5-8,13H,4,9-12H2,1-3H3. The molecule has 0 aliphatic carbocycles. The second-order valence-corrected chi connectivity index (χ2v) is 5.43. The van der Waals surface area contributed by atoms with Gasteiger partial charge in [0.25, 0.3) is 0 Å². The molecular formula is C16H24N2O. The van der Waals surface area contributed by atoms with Crippen LogP contribution in [0, 0.1) is 0 Å². The Bertz CT molecular complexity index is 419. The highest BCUT2D eigenvalue weighted by Crippen LogP contribution is 2.13. The highest BCUT2D eigenvalue weighted by Gasteiger charge is 2.24. The Labute approximate surface area is 116 Å². The van der Waals surface area contributed by atoms with E-state index in [0.717, 1.165) is 38.2 Å². The van der Waals surface area contributed by atoms with Crippen molar-refractivity contribution in [3.05, 3.63) is 35.4 Å². The maximum atomic E-state index is 12.5. The summed E-state index contributed by atoms with van der Waals surface area (Å²) in [6.07, 6.45) is 1.02. The second kappa shape index (κ2) is 6.31. The molecule has 1 saturated heterocycles. The van der Waals surface area contributed by atoms with Crippen LogP contribution in [0.2, 0.25) is 0 Å². The first-order valence-electron chi connectivity index (χ1n) is 7.17. The van der Waals surface area contributed by atoms with Gasteiger partial charge in [0.1, 0.15) is 0 Å². The van der Waals surface area contributed by atoms with Crippen LogP contribution in [0.4, 0.5) is 0 Å². The van der Waals surface area contributed by atoms with Crippen LogP contribution in [-0.4, -0.2) is 54.9 Å². The van der Waals surface area contributed by atoms with E-state index in [-0.39, 0.29) is 11.8 Å². The van der Waals surface area contributed by atoms with Crippen molar-refractivity contribution in [1.29, 1.82) is 0 Å². The predicted octanol–water partition coefficient (Wildman–Crippen LogP) is 2.07. The SMILES string of the molecule is CCc1ccc(C(=O)C(C)N2CCN(C)CC2)cc1. The minimum atomic E-state index is -0.0128. The zero-order chi connectivity index (χ0) is 13.8. The Hall–Kier alpha value is -1.19. The molecular weight excluding hydrogens is 236 g/mol. The van der Waals surface area contributed by atoms with Gasteiger partial charge in [0.15, 0.2) is 5.78 Å². The van der Waals surface area contributed by atoms with Crippen LogP contribution in [0.5, 0.6) is 0 Å². The fraction of sp³-hybridized carbons (Fsp3) is 0.562. The number of nitrogens with zero attached hydrogens (tertiary/aromatic N) is 2. The Morgan fingerprint density at radius 3 is 2.26 bits per heavy atom. The molecule has 1 unspecified atom stereocenters. The summed E-state index contributed by atoms with van der Waals surface area (Å²) in [5.74, 6) is 0.243. The van der Waals surface area contributed by atoms with Gasteiger partial charge in [-0.2, -0.15) is 0 Å². The first kappa shape index (κ1) is 14.2. The highest BCUT2D eigenvalue weighted by molar-refractivity contribution is 5.99. The Balaban J connectivity index is 2.01. The van der Waals surface area contributed by atoms with E-state index in [9.17, 15) is 4.79 Å². The zero-order valence-corrected chi connectivity index (χ0v) is 12.2. The van der Waals surface area contributed by atoms with Gasteiger partial charge in [-0.25, -0.2) is 0 Å². The van der Waals surface area contributed by atoms with Crippen LogP contribution in [0.15, 0.2) is 24.3 Å². The van der Waals surface area contributed by atoms with Crippen LogP contribution >= 0.6 is 0 Å². The van der Waals surface area contributed by atoms with E-state index in [1.807, 2.05) is 19.1 Å². The lowest BCUT2D eigenvalue weighted by Crippen LogP contribution is -2.50. The fourth-order valence-electron chi connectivity index (χ4n) is 2.52. The summed E-state index contributed by atoms with van der Waals surface area (Å²) >= 11 is 0. The summed E-state index contributed by atoms with van der Waals surface area (Å²) < 4.78 is 0. The van der Waals surface area contributed by atoms with Gasteiger partial charge < -0.3 is 4.90 Å². The third-order valence-electron chi connectivity index (χ3n) is 4.11. The number of hydrogen-bond acceptors (Lipinski definition) is 3. The number of carbonyl (C=O) groups excluding carboxylic acids is 1. The lowest BCUT2D eigenvalue weighted by molar-refractivity contribution is 0.0738. The number of piperazine rings is 1. The summed E-state index contributed by atoms with van der Waals surface area (Å²) in [6, 6.07) is 8.04. The van der Waals surface area contributed by atoms with Gasteiger partial charge >= 0.3 is 0 Å². The maximum Gasteiger partial charge on any atom is 0.179 e. The van der Waals surface area contributed by atoms with Gasteiger partial charge in [-0.1, -0.05) is 31.2 Å². The van der Waals surface area contributed by atoms with Crippen molar-refractivity contribution in [3.63, 3.8) is 0 Å². The molecule has 1 atom stereocenters. The summed E-state index contributed by atoms with van der Waals surface area (Å²) in [6.45, 7) is 8.22. The molecule has 1 aromatic rings. The number of Topliss-reactive ketones (excluding diaryl/α,β-unsaturated/α-hetero) is 1.